The van der Waals surface area contributed by atoms with Crippen LogP contribution in [0, 0.1) is 0 Å². The van der Waals surface area contributed by atoms with E-state index in [-0.39, 0.29) is 5.91 Å². The average Bonchev–Trinajstić information content (AvgIpc) is 2.69. The summed E-state index contributed by atoms with van der Waals surface area (Å²) in [5, 5.41) is 6.09. The van der Waals surface area contributed by atoms with E-state index in [9.17, 15) is 4.79 Å². The lowest BCUT2D eigenvalue weighted by Crippen LogP contribution is -2.13. The number of methoxy groups -OCH3 is 1. The summed E-state index contributed by atoms with van der Waals surface area (Å²) in [6, 6.07) is 18.7. The number of nitrogens with zero attached hydrogens (tertiary/aromatic N) is 2. The molecule has 1 heterocycles. The maximum atomic E-state index is 12.3. The summed E-state index contributed by atoms with van der Waals surface area (Å²) >= 11 is 0. The number of ether oxygens (including phenoxy) is 1. The van der Waals surface area contributed by atoms with E-state index < -0.39 is 0 Å². The molecule has 1 amide bonds. The Morgan fingerprint density at radius 1 is 0.889 bits per heavy atom. The van der Waals surface area contributed by atoms with E-state index >= 15 is 0 Å². The summed E-state index contributed by atoms with van der Waals surface area (Å²) in [6.45, 7) is 0. The largest absolute Gasteiger partial charge is 0.497 e. The number of carbonyl (C=O) groups is 1. The summed E-state index contributed by atoms with van der Waals surface area (Å²) in [5.41, 5.74) is 3.93. The maximum Gasteiger partial charge on any atom is 0.274 e. The number of pyridine rings is 1. The van der Waals surface area contributed by atoms with Gasteiger partial charge in [0.05, 0.1) is 19.0 Å². The van der Waals surface area contributed by atoms with Crippen molar-refractivity contribution in [2.24, 2.45) is 0 Å². The van der Waals surface area contributed by atoms with Crippen molar-refractivity contribution in [1.29, 1.82) is 0 Å². The van der Waals surface area contributed by atoms with Gasteiger partial charge in [-0.3, -0.25) is 4.79 Å². The van der Waals surface area contributed by atoms with Crippen LogP contribution < -0.4 is 20.3 Å². The van der Waals surface area contributed by atoms with Gasteiger partial charge in [-0.05, 0) is 60.7 Å². The fourth-order valence-electron chi connectivity index (χ4n) is 2.48. The zero-order valence-corrected chi connectivity index (χ0v) is 15.6. The number of hydrogen-bond donors (Lipinski definition) is 2. The van der Waals surface area contributed by atoms with Crippen LogP contribution in [0.3, 0.4) is 0 Å². The molecular weight excluding hydrogens is 340 g/mol. The standard InChI is InChI=1S/C21H22N4O2/c1-25(2)18-9-4-15(5-10-18)23-17-8-13-20(22-14-17)21(26)24-16-6-11-19(27-3)12-7-16/h4-14,23H,1-3H3,(H,24,26). The first kappa shape index (κ1) is 18.3. The van der Waals surface area contributed by atoms with Crippen molar-refractivity contribution >= 4 is 28.7 Å². The van der Waals surface area contributed by atoms with Crippen molar-refractivity contribution in [3.05, 3.63) is 72.6 Å². The van der Waals surface area contributed by atoms with Crippen LogP contribution in [0.15, 0.2) is 66.9 Å². The second-order valence-corrected chi connectivity index (χ2v) is 6.18. The fraction of sp³-hybridized carbons (Fsp3) is 0.143. The van der Waals surface area contributed by atoms with Gasteiger partial charge >= 0.3 is 0 Å². The van der Waals surface area contributed by atoms with E-state index in [1.165, 1.54) is 0 Å². The number of rotatable bonds is 6. The molecular formula is C21H22N4O2. The minimum atomic E-state index is -0.262. The van der Waals surface area contributed by atoms with E-state index in [1.54, 1.807) is 43.6 Å². The number of nitrogens with one attached hydrogen (secondary N) is 2. The number of benzene rings is 2. The third kappa shape index (κ3) is 4.76. The fourth-order valence-corrected chi connectivity index (χ4v) is 2.48. The molecule has 0 aliphatic rings. The maximum absolute atomic E-state index is 12.3. The SMILES string of the molecule is COc1ccc(NC(=O)c2ccc(Nc3ccc(N(C)C)cc3)cn2)cc1. The molecule has 27 heavy (non-hydrogen) atoms. The van der Waals surface area contributed by atoms with Crippen molar-refractivity contribution < 1.29 is 9.53 Å². The van der Waals surface area contributed by atoms with Crippen LogP contribution in [-0.2, 0) is 0 Å². The minimum Gasteiger partial charge on any atom is -0.497 e. The molecule has 3 aromatic rings. The molecule has 0 atom stereocenters. The van der Waals surface area contributed by atoms with Gasteiger partial charge < -0.3 is 20.3 Å². The highest BCUT2D eigenvalue weighted by Crippen LogP contribution is 2.20. The summed E-state index contributed by atoms with van der Waals surface area (Å²) in [6.07, 6.45) is 1.64. The summed E-state index contributed by atoms with van der Waals surface area (Å²) in [4.78, 5) is 18.6. The van der Waals surface area contributed by atoms with Crippen LogP contribution in [0.2, 0.25) is 0 Å². The van der Waals surface area contributed by atoms with E-state index in [2.05, 4.69) is 15.6 Å². The Morgan fingerprint density at radius 2 is 1.52 bits per heavy atom. The lowest BCUT2D eigenvalue weighted by molar-refractivity contribution is 0.102. The van der Waals surface area contributed by atoms with Crippen LogP contribution >= 0.6 is 0 Å². The van der Waals surface area contributed by atoms with Gasteiger partial charge in [-0.2, -0.15) is 0 Å². The Labute approximate surface area is 158 Å². The Kier molecular flexibility index (Phi) is 5.56. The third-order valence-corrected chi connectivity index (χ3v) is 4.02. The number of anilines is 4. The summed E-state index contributed by atoms with van der Waals surface area (Å²) < 4.78 is 5.10. The predicted molar refractivity (Wildman–Crippen MR) is 109 cm³/mol. The monoisotopic (exact) mass is 362 g/mol. The third-order valence-electron chi connectivity index (χ3n) is 4.02. The van der Waals surface area contributed by atoms with Crippen molar-refractivity contribution in [3.63, 3.8) is 0 Å². The average molecular weight is 362 g/mol. The zero-order chi connectivity index (χ0) is 19.2. The highest BCUT2D eigenvalue weighted by atomic mass is 16.5. The molecule has 0 aliphatic carbocycles. The van der Waals surface area contributed by atoms with Crippen LogP contribution in [0.1, 0.15) is 10.5 Å². The van der Waals surface area contributed by atoms with Gasteiger partial charge in [0.25, 0.3) is 5.91 Å². The molecule has 0 radical (unpaired) electrons. The van der Waals surface area contributed by atoms with Gasteiger partial charge in [0.1, 0.15) is 11.4 Å². The second-order valence-electron chi connectivity index (χ2n) is 6.18. The molecule has 6 heteroatoms. The van der Waals surface area contributed by atoms with E-state index in [0.29, 0.717) is 11.4 Å². The first-order valence-electron chi connectivity index (χ1n) is 8.51. The summed E-state index contributed by atoms with van der Waals surface area (Å²) in [7, 11) is 5.60. The van der Waals surface area contributed by atoms with Gasteiger partial charge in [0, 0.05) is 31.2 Å². The van der Waals surface area contributed by atoms with Crippen molar-refractivity contribution in [2.75, 3.05) is 36.7 Å². The van der Waals surface area contributed by atoms with Gasteiger partial charge in [-0.25, -0.2) is 4.98 Å². The molecule has 0 unspecified atom stereocenters. The second kappa shape index (κ2) is 8.23. The molecule has 3 rings (SSSR count). The quantitative estimate of drug-likeness (QED) is 0.689. The molecule has 0 spiro atoms. The minimum absolute atomic E-state index is 0.262. The number of aromatic nitrogens is 1. The molecule has 0 fully saturated rings. The van der Waals surface area contributed by atoms with Crippen molar-refractivity contribution in [1.82, 2.24) is 4.98 Å². The molecule has 138 valence electrons. The first-order chi connectivity index (χ1) is 13.0. The van der Waals surface area contributed by atoms with Gasteiger partial charge in [0.2, 0.25) is 0 Å². The van der Waals surface area contributed by atoms with Gasteiger partial charge in [0.15, 0.2) is 0 Å². The summed E-state index contributed by atoms with van der Waals surface area (Å²) in [5.74, 6) is 0.474. The van der Waals surface area contributed by atoms with Crippen molar-refractivity contribution in [3.8, 4) is 5.75 Å². The van der Waals surface area contributed by atoms with E-state index in [1.807, 2.05) is 49.3 Å². The van der Waals surface area contributed by atoms with Crippen LogP contribution in [-0.4, -0.2) is 32.1 Å². The Bertz CT molecular complexity index is 889. The highest BCUT2D eigenvalue weighted by Gasteiger charge is 2.08. The predicted octanol–water partition coefficient (Wildman–Crippen LogP) is 4.15. The highest BCUT2D eigenvalue weighted by molar-refractivity contribution is 6.03. The topological polar surface area (TPSA) is 66.5 Å². The number of carbonyl (C=O) groups excluding carboxylic acids is 1. The molecule has 6 nitrogen and oxygen atoms in total. The number of amides is 1. The van der Waals surface area contributed by atoms with Crippen LogP contribution in [0.25, 0.3) is 0 Å². The lowest BCUT2D eigenvalue weighted by atomic mass is 10.2. The van der Waals surface area contributed by atoms with Crippen LogP contribution in [0.5, 0.6) is 5.75 Å². The lowest BCUT2D eigenvalue weighted by Gasteiger charge is -2.13. The zero-order valence-electron chi connectivity index (χ0n) is 15.6. The molecule has 1 aromatic heterocycles. The molecule has 0 aliphatic heterocycles. The first-order valence-corrected chi connectivity index (χ1v) is 8.51. The van der Waals surface area contributed by atoms with E-state index in [0.717, 1.165) is 22.8 Å². The van der Waals surface area contributed by atoms with E-state index in [4.69, 9.17) is 4.74 Å². The normalized spacial score (nSPS) is 10.2. The molecule has 0 saturated carbocycles. The van der Waals surface area contributed by atoms with Crippen molar-refractivity contribution in [2.45, 2.75) is 0 Å². The Morgan fingerprint density at radius 3 is 2.07 bits per heavy atom. The van der Waals surface area contributed by atoms with Crippen LogP contribution in [0.4, 0.5) is 22.7 Å². The molecule has 2 aromatic carbocycles. The van der Waals surface area contributed by atoms with Gasteiger partial charge in [-0.1, -0.05) is 0 Å². The van der Waals surface area contributed by atoms with Gasteiger partial charge in [-0.15, -0.1) is 0 Å². The molecule has 0 bridgehead atoms. The molecule has 0 saturated heterocycles. The Balaban J connectivity index is 1.62. The Hall–Kier alpha value is -3.54. The molecule has 2 N–H and O–H groups in total. The smallest absolute Gasteiger partial charge is 0.274 e. The number of hydrogen-bond acceptors (Lipinski definition) is 5.